The number of imidazole rings is 1. The van der Waals surface area contributed by atoms with Crippen LogP contribution in [0.25, 0.3) is 5.52 Å². The largest absolute Gasteiger partial charge is 0.444 e. The summed E-state index contributed by atoms with van der Waals surface area (Å²) in [6, 6.07) is 21.9. The first kappa shape index (κ1) is 23.5. The molecule has 2 aliphatic carbocycles. The second-order valence-electron chi connectivity index (χ2n) is 10.3. The Hall–Kier alpha value is -3.93. The molecule has 37 heavy (non-hydrogen) atoms. The van der Waals surface area contributed by atoms with Gasteiger partial charge in [-0.3, -0.25) is 14.5 Å². The van der Waals surface area contributed by atoms with Crippen molar-refractivity contribution < 1.29 is 14.3 Å². The molecule has 2 fully saturated rings. The molecule has 4 aromatic rings. The van der Waals surface area contributed by atoms with Crippen molar-refractivity contribution in [3.8, 4) is 0 Å². The lowest BCUT2D eigenvalue weighted by atomic mass is 9.76. The van der Waals surface area contributed by atoms with E-state index in [4.69, 9.17) is 4.74 Å². The number of rotatable bonds is 7. The van der Waals surface area contributed by atoms with Gasteiger partial charge in [0.15, 0.2) is 5.78 Å². The summed E-state index contributed by atoms with van der Waals surface area (Å²) < 4.78 is 7.31. The summed E-state index contributed by atoms with van der Waals surface area (Å²) in [4.78, 5) is 30.1. The van der Waals surface area contributed by atoms with Crippen LogP contribution in [0.2, 0.25) is 0 Å². The number of carbonyl (C=O) groups is 2. The van der Waals surface area contributed by atoms with Crippen LogP contribution in [0.15, 0.2) is 79.3 Å². The lowest BCUT2D eigenvalue weighted by molar-refractivity contribution is 0.0876. The Morgan fingerprint density at radius 1 is 0.865 bits per heavy atom. The van der Waals surface area contributed by atoms with Gasteiger partial charge in [0, 0.05) is 11.6 Å². The monoisotopic (exact) mass is 493 g/mol. The quantitative estimate of drug-likeness (QED) is 0.278. The van der Waals surface area contributed by atoms with Crippen molar-refractivity contribution in [1.82, 2.24) is 9.38 Å². The first-order chi connectivity index (χ1) is 18.2. The number of amides is 1. The number of benzene rings is 2. The molecule has 2 saturated carbocycles. The number of Topliss-reactive ketones (excluding diaryl/α,β-unsaturated/α-hetero) is 1. The zero-order valence-corrected chi connectivity index (χ0v) is 20.8. The SMILES string of the molecule is O=C(Nc1ccc(C2CCC(C(=O)c3c(C4CC4)ccc4cncn34)CC2)cc1)OCc1ccccc1. The molecule has 1 amide bonds. The molecule has 2 aromatic heterocycles. The number of anilines is 1. The summed E-state index contributed by atoms with van der Waals surface area (Å²) in [6.07, 6.45) is 9.25. The molecule has 0 aliphatic heterocycles. The number of hydrogen-bond acceptors (Lipinski definition) is 4. The lowest BCUT2D eigenvalue weighted by Crippen LogP contribution is -2.24. The number of aromatic nitrogens is 2. The van der Waals surface area contributed by atoms with E-state index in [1.807, 2.05) is 53.1 Å². The highest BCUT2D eigenvalue weighted by atomic mass is 16.5. The minimum atomic E-state index is -0.464. The van der Waals surface area contributed by atoms with E-state index >= 15 is 0 Å². The second kappa shape index (κ2) is 10.2. The van der Waals surface area contributed by atoms with Gasteiger partial charge in [-0.05, 0) is 85.3 Å². The molecule has 6 nitrogen and oxygen atoms in total. The van der Waals surface area contributed by atoms with Crippen LogP contribution in [0.3, 0.4) is 0 Å². The van der Waals surface area contributed by atoms with Gasteiger partial charge in [-0.25, -0.2) is 9.78 Å². The molecule has 0 bridgehead atoms. The molecule has 2 heterocycles. The highest BCUT2D eigenvalue weighted by Crippen LogP contribution is 2.44. The van der Waals surface area contributed by atoms with E-state index in [1.165, 1.54) is 24.0 Å². The minimum Gasteiger partial charge on any atom is -0.444 e. The number of pyridine rings is 1. The third-order valence-corrected chi connectivity index (χ3v) is 7.80. The molecule has 188 valence electrons. The molecule has 0 spiro atoms. The second-order valence-corrected chi connectivity index (χ2v) is 10.3. The van der Waals surface area contributed by atoms with Gasteiger partial charge in [-0.2, -0.15) is 0 Å². The number of fused-ring (bicyclic) bond motifs is 1. The summed E-state index contributed by atoms with van der Waals surface area (Å²) >= 11 is 0. The van der Waals surface area contributed by atoms with Crippen molar-refractivity contribution in [2.24, 2.45) is 5.92 Å². The summed E-state index contributed by atoms with van der Waals surface area (Å²) in [7, 11) is 0. The molecule has 0 unspecified atom stereocenters. The van der Waals surface area contributed by atoms with Gasteiger partial charge in [0.2, 0.25) is 0 Å². The lowest BCUT2D eigenvalue weighted by Gasteiger charge is -2.28. The number of ketones is 1. The fourth-order valence-electron chi connectivity index (χ4n) is 5.59. The van der Waals surface area contributed by atoms with Crippen LogP contribution < -0.4 is 5.32 Å². The summed E-state index contributed by atoms with van der Waals surface area (Å²) in [6.45, 7) is 0.240. The van der Waals surface area contributed by atoms with E-state index in [1.54, 1.807) is 6.33 Å². The predicted molar refractivity (Wildman–Crippen MR) is 143 cm³/mol. The normalized spacial score (nSPS) is 19.5. The van der Waals surface area contributed by atoms with Gasteiger partial charge in [0.1, 0.15) is 6.61 Å². The standard InChI is InChI=1S/C31H31N3O3/c35-30(29-28(24-8-9-24)17-16-27-18-32-20-34(27)29)25-10-6-22(7-11-25)23-12-14-26(15-13-23)33-31(36)37-19-21-4-2-1-3-5-21/h1-5,12-18,20,22,24-25H,6-11,19H2,(H,33,36). The van der Waals surface area contributed by atoms with Crippen LogP contribution in [-0.4, -0.2) is 21.3 Å². The molecule has 0 radical (unpaired) electrons. The number of ether oxygens (including phenoxy) is 1. The summed E-state index contributed by atoms with van der Waals surface area (Å²) in [5, 5.41) is 2.80. The first-order valence-corrected chi connectivity index (χ1v) is 13.2. The van der Waals surface area contributed by atoms with Crippen LogP contribution in [0.1, 0.15) is 77.5 Å². The minimum absolute atomic E-state index is 0.0575. The van der Waals surface area contributed by atoms with E-state index in [0.717, 1.165) is 42.5 Å². The molecule has 6 heteroatoms. The first-order valence-electron chi connectivity index (χ1n) is 13.2. The zero-order valence-electron chi connectivity index (χ0n) is 20.8. The van der Waals surface area contributed by atoms with Gasteiger partial charge >= 0.3 is 6.09 Å². The number of nitrogens with one attached hydrogen (secondary N) is 1. The van der Waals surface area contributed by atoms with E-state index in [0.29, 0.717) is 17.5 Å². The molecular formula is C31H31N3O3. The molecule has 2 aromatic carbocycles. The van der Waals surface area contributed by atoms with Gasteiger partial charge < -0.3 is 4.74 Å². The Bertz CT molecular complexity index is 1400. The maximum absolute atomic E-state index is 13.7. The molecule has 6 rings (SSSR count). The molecule has 0 atom stereocenters. The van der Waals surface area contributed by atoms with Crippen molar-refractivity contribution >= 4 is 23.1 Å². The van der Waals surface area contributed by atoms with Crippen molar-refractivity contribution in [3.63, 3.8) is 0 Å². The molecule has 1 N–H and O–H groups in total. The topological polar surface area (TPSA) is 72.7 Å². The highest BCUT2D eigenvalue weighted by molar-refractivity contribution is 5.98. The Kier molecular flexibility index (Phi) is 6.47. The van der Waals surface area contributed by atoms with Crippen molar-refractivity contribution in [3.05, 3.63) is 102 Å². The maximum Gasteiger partial charge on any atom is 0.411 e. The van der Waals surface area contributed by atoms with E-state index < -0.39 is 6.09 Å². The summed E-state index contributed by atoms with van der Waals surface area (Å²) in [5.74, 6) is 1.28. The average molecular weight is 494 g/mol. The molecule has 2 aliphatic rings. The number of nitrogens with zero attached hydrogens (tertiary/aromatic N) is 2. The third kappa shape index (κ3) is 5.15. The number of hydrogen-bond donors (Lipinski definition) is 1. The van der Waals surface area contributed by atoms with Crippen molar-refractivity contribution in [2.75, 3.05) is 5.32 Å². The Morgan fingerprint density at radius 3 is 2.32 bits per heavy atom. The maximum atomic E-state index is 13.7. The third-order valence-electron chi connectivity index (χ3n) is 7.80. The smallest absolute Gasteiger partial charge is 0.411 e. The van der Waals surface area contributed by atoms with Crippen molar-refractivity contribution in [1.29, 1.82) is 0 Å². The predicted octanol–water partition coefficient (Wildman–Crippen LogP) is 7.12. The van der Waals surface area contributed by atoms with Gasteiger partial charge in [0.05, 0.1) is 23.7 Å². The highest BCUT2D eigenvalue weighted by Gasteiger charge is 2.34. The van der Waals surface area contributed by atoms with Crippen LogP contribution in [0, 0.1) is 5.92 Å². The fourth-order valence-corrected chi connectivity index (χ4v) is 5.59. The van der Waals surface area contributed by atoms with Crippen LogP contribution in [0.4, 0.5) is 10.5 Å². The van der Waals surface area contributed by atoms with Crippen molar-refractivity contribution in [2.45, 2.75) is 57.0 Å². The van der Waals surface area contributed by atoms with E-state index in [-0.39, 0.29) is 18.3 Å². The zero-order chi connectivity index (χ0) is 25.2. The van der Waals surface area contributed by atoms with Gasteiger partial charge in [0.25, 0.3) is 0 Å². The van der Waals surface area contributed by atoms with Crippen LogP contribution >= 0.6 is 0 Å². The Balaban J connectivity index is 1.05. The molecular weight excluding hydrogens is 462 g/mol. The van der Waals surface area contributed by atoms with E-state index in [2.05, 4.69) is 34.6 Å². The summed E-state index contributed by atoms with van der Waals surface area (Å²) in [5.41, 5.74) is 5.96. The average Bonchev–Trinajstić information content (AvgIpc) is 3.68. The number of carbonyl (C=O) groups excluding carboxylic acids is 2. The van der Waals surface area contributed by atoms with Crippen LogP contribution in [-0.2, 0) is 11.3 Å². The molecule has 0 saturated heterocycles. The van der Waals surface area contributed by atoms with Gasteiger partial charge in [-0.15, -0.1) is 0 Å². The Labute approximate surface area is 216 Å². The Morgan fingerprint density at radius 2 is 1.59 bits per heavy atom. The van der Waals surface area contributed by atoms with Crippen LogP contribution in [0.5, 0.6) is 0 Å². The van der Waals surface area contributed by atoms with Gasteiger partial charge in [-0.1, -0.05) is 48.5 Å². The fraction of sp³-hybridized carbons (Fsp3) is 0.323. The van der Waals surface area contributed by atoms with E-state index in [9.17, 15) is 9.59 Å².